The molecule has 1 atom stereocenters. The van der Waals surface area contributed by atoms with Crippen LogP contribution in [-0.4, -0.2) is 61.3 Å². The Balaban J connectivity index is -0.000000377. The van der Waals surface area contributed by atoms with E-state index < -0.39 is 23.6 Å². The number of rotatable bonds is 6. The Morgan fingerprint density at radius 2 is 1.79 bits per heavy atom. The molecule has 28 heavy (non-hydrogen) atoms. The van der Waals surface area contributed by atoms with Crippen LogP contribution in [0.4, 0.5) is 4.79 Å². The van der Waals surface area contributed by atoms with Crippen molar-refractivity contribution in [2.45, 2.75) is 65.5 Å². The summed E-state index contributed by atoms with van der Waals surface area (Å²) in [6, 6.07) is -0.594. The second kappa shape index (κ2) is 14.9. The maximum absolute atomic E-state index is 12.1. The molecule has 0 radical (unpaired) electrons. The van der Waals surface area contributed by atoms with Crippen molar-refractivity contribution in [1.82, 2.24) is 10.2 Å². The molecule has 8 nitrogen and oxygen atoms in total. The first-order valence-electron chi connectivity index (χ1n) is 9.54. The van der Waals surface area contributed by atoms with E-state index in [1.165, 1.54) is 12.0 Å². The van der Waals surface area contributed by atoms with E-state index in [1.807, 2.05) is 0 Å². The van der Waals surface area contributed by atoms with Crippen LogP contribution < -0.4 is 11.1 Å². The van der Waals surface area contributed by atoms with Crippen molar-refractivity contribution in [3.63, 3.8) is 0 Å². The number of nitrogens with one attached hydrogen (secondary N) is 1. The van der Waals surface area contributed by atoms with Crippen LogP contribution in [0.1, 0.15) is 56.7 Å². The molecule has 3 amide bonds. The van der Waals surface area contributed by atoms with Crippen LogP contribution in [0.3, 0.4) is 0 Å². The van der Waals surface area contributed by atoms with E-state index in [4.69, 9.17) is 15.2 Å². The molecule has 1 heterocycles. The van der Waals surface area contributed by atoms with E-state index >= 15 is 0 Å². The summed E-state index contributed by atoms with van der Waals surface area (Å²) in [5.74, 6) is -0.0261. The first-order valence-corrected chi connectivity index (χ1v) is 9.54. The zero-order valence-corrected chi connectivity index (χ0v) is 18.4. The lowest BCUT2D eigenvalue weighted by atomic mass is 10.0. The number of amides is 3. The fourth-order valence-corrected chi connectivity index (χ4v) is 2.44. The summed E-state index contributed by atoms with van der Waals surface area (Å²) in [5.41, 5.74) is 4.52. The minimum absolute atomic E-state index is 0. The summed E-state index contributed by atoms with van der Waals surface area (Å²) in [4.78, 5) is 36.6. The van der Waals surface area contributed by atoms with Gasteiger partial charge in [-0.1, -0.05) is 20.8 Å². The third-order valence-corrected chi connectivity index (χ3v) is 3.40. The topological polar surface area (TPSA) is 111 Å². The van der Waals surface area contributed by atoms with Crippen molar-refractivity contribution in [3.8, 4) is 0 Å². The standard InChI is InChI=1S/C14H25N3O5.C4H10.C2H4.2H2/c1-14(2,9-21-3)22-13(20)16-8-11(18)17-7-5-4-6-10(17)12(15)19;1-4(2)3;1-2;;/h10H,4-9H2,1-3H3,(H2,15,19)(H,16,20);4H,1-3H3;1-2H2;2*1H/t10-;;;;/m0..../s1. The van der Waals surface area contributed by atoms with Gasteiger partial charge in [0.15, 0.2) is 0 Å². The highest BCUT2D eigenvalue weighted by Crippen LogP contribution is 2.16. The Bertz CT molecular complexity index is 488. The SMILES string of the molecule is C=C.CC(C)C.COCC(C)(C)OC(=O)NCC(=O)N1CCCC[C@H]1C(N)=O.[HH].[HH]. The van der Waals surface area contributed by atoms with Crippen molar-refractivity contribution < 1.29 is 26.7 Å². The normalized spacial score (nSPS) is 16.1. The minimum Gasteiger partial charge on any atom is -0.441 e. The predicted octanol–water partition coefficient (Wildman–Crippen LogP) is 2.96. The molecule has 0 spiro atoms. The van der Waals surface area contributed by atoms with Gasteiger partial charge < -0.3 is 25.4 Å². The average molecular weight is 406 g/mol. The highest BCUT2D eigenvalue weighted by atomic mass is 16.6. The molecule has 8 heteroatoms. The zero-order valence-electron chi connectivity index (χ0n) is 18.4. The Morgan fingerprint density at radius 1 is 1.25 bits per heavy atom. The van der Waals surface area contributed by atoms with Gasteiger partial charge in [-0.15, -0.1) is 13.2 Å². The molecule has 3 N–H and O–H groups in total. The second-order valence-corrected chi connectivity index (χ2v) is 7.67. The summed E-state index contributed by atoms with van der Waals surface area (Å²) in [7, 11) is 1.51. The van der Waals surface area contributed by atoms with Crippen LogP contribution in [0.25, 0.3) is 0 Å². The molecule has 0 aromatic heterocycles. The molecular formula is C20H43N3O5. The van der Waals surface area contributed by atoms with Crippen LogP contribution in [0.5, 0.6) is 0 Å². The number of carbonyl (C=O) groups excluding carboxylic acids is 3. The highest BCUT2D eigenvalue weighted by Gasteiger charge is 2.31. The van der Waals surface area contributed by atoms with Gasteiger partial charge in [0.1, 0.15) is 18.2 Å². The number of alkyl carbamates (subject to hydrolysis) is 1. The second-order valence-electron chi connectivity index (χ2n) is 7.67. The molecule has 0 bridgehead atoms. The Labute approximate surface area is 172 Å². The molecule has 1 fully saturated rings. The lowest BCUT2D eigenvalue weighted by molar-refractivity contribution is -0.140. The summed E-state index contributed by atoms with van der Waals surface area (Å²) in [5, 5.41) is 2.39. The van der Waals surface area contributed by atoms with Gasteiger partial charge in [0, 0.05) is 16.5 Å². The van der Waals surface area contributed by atoms with Crippen molar-refractivity contribution in [2.75, 3.05) is 26.8 Å². The summed E-state index contributed by atoms with van der Waals surface area (Å²) >= 11 is 0. The lowest BCUT2D eigenvalue weighted by Gasteiger charge is -2.33. The number of likely N-dealkylation sites (tertiary alicyclic amines) is 1. The van der Waals surface area contributed by atoms with E-state index in [9.17, 15) is 14.4 Å². The molecular weight excluding hydrogens is 362 g/mol. The van der Waals surface area contributed by atoms with Crippen LogP contribution in [-0.2, 0) is 19.1 Å². The number of nitrogens with zero attached hydrogens (tertiary/aromatic N) is 1. The van der Waals surface area contributed by atoms with E-state index in [1.54, 1.807) is 13.8 Å². The fraction of sp³-hybridized carbons (Fsp3) is 0.750. The highest BCUT2D eigenvalue weighted by molar-refractivity contribution is 5.88. The summed E-state index contributed by atoms with van der Waals surface area (Å²) < 4.78 is 10.1. The third-order valence-electron chi connectivity index (χ3n) is 3.40. The molecule has 0 aromatic rings. The maximum Gasteiger partial charge on any atom is 0.408 e. The zero-order chi connectivity index (χ0) is 22.3. The Morgan fingerprint density at radius 3 is 2.25 bits per heavy atom. The van der Waals surface area contributed by atoms with Crippen LogP contribution in [0.2, 0.25) is 0 Å². The van der Waals surface area contributed by atoms with E-state index in [0.717, 1.165) is 18.8 Å². The van der Waals surface area contributed by atoms with E-state index in [-0.39, 0.29) is 21.9 Å². The van der Waals surface area contributed by atoms with Gasteiger partial charge in [0.2, 0.25) is 11.8 Å². The van der Waals surface area contributed by atoms with E-state index in [0.29, 0.717) is 13.0 Å². The lowest BCUT2D eigenvalue weighted by Crippen LogP contribution is -2.53. The van der Waals surface area contributed by atoms with Crippen molar-refractivity contribution in [3.05, 3.63) is 13.2 Å². The third kappa shape index (κ3) is 13.1. The molecule has 168 valence electrons. The number of primary amides is 1. The maximum atomic E-state index is 12.1. The van der Waals surface area contributed by atoms with E-state index in [2.05, 4.69) is 39.2 Å². The summed E-state index contributed by atoms with van der Waals surface area (Å²) in [6.07, 6.45) is 1.54. The number of nitrogens with two attached hydrogens (primary N) is 1. The largest absolute Gasteiger partial charge is 0.441 e. The van der Waals surface area contributed by atoms with Crippen molar-refractivity contribution in [1.29, 1.82) is 0 Å². The number of hydrogen-bond donors (Lipinski definition) is 2. The molecule has 1 rings (SSSR count). The minimum atomic E-state index is -0.789. The Kier molecular flexibility index (Phi) is 15.0. The van der Waals surface area contributed by atoms with Gasteiger partial charge in [0.05, 0.1) is 6.61 Å². The number of hydrogen-bond acceptors (Lipinski definition) is 5. The summed E-state index contributed by atoms with van der Waals surface area (Å²) in [6.45, 7) is 16.4. The van der Waals surface area contributed by atoms with Crippen LogP contribution in [0, 0.1) is 5.92 Å². The van der Waals surface area contributed by atoms with Crippen LogP contribution in [0.15, 0.2) is 13.2 Å². The molecule has 0 saturated carbocycles. The monoisotopic (exact) mass is 405 g/mol. The number of methoxy groups -OCH3 is 1. The first-order chi connectivity index (χ1) is 13.0. The predicted molar refractivity (Wildman–Crippen MR) is 115 cm³/mol. The van der Waals surface area contributed by atoms with Gasteiger partial charge in [-0.05, 0) is 39.0 Å². The molecule has 1 saturated heterocycles. The van der Waals surface area contributed by atoms with Crippen molar-refractivity contribution >= 4 is 17.9 Å². The number of ether oxygens (including phenoxy) is 2. The molecule has 0 aliphatic carbocycles. The van der Waals surface area contributed by atoms with Crippen LogP contribution >= 0.6 is 0 Å². The van der Waals surface area contributed by atoms with Gasteiger partial charge in [-0.3, -0.25) is 9.59 Å². The fourth-order valence-electron chi connectivity index (χ4n) is 2.44. The van der Waals surface area contributed by atoms with Crippen molar-refractivity contribution in [2.24, 2.45) is 11.7 Å². The smallest absolute Gasteiger partial charge is 0.408 e. The first kappa shape index (κ1) is 28.1. The van der Waals surface area contributed by atoms with Gasteiger partial charge in [0.25, 0.3) is 0 Å². The average Bonchev–Trinajstić information content (AvgIpc) is 2.60. The molecule has 1 aliphatic heterocycles. The van der Waals surface area contributed by atoms with Gasteiger partial charge >= 0.3 is 6.09 Å². The number of carbonyl (C=O) groups is 3. The molecule has 0 unspecified atom stereocenters. The number of piperidine rings is 1. The molecule has 1 aliphatic rings. The van der Waals surface area contributed by atoms with Gasteiger partial charge in [-0.25, -0.2) is 4.79 Å². The van der Waals surface area contributed by atoms with Gasteiger partial charge in [-0.2, -0.15) is 0 Å². The Hall–Kier alpha value is -2.09. The molecule has 0 aromatic carbocycles. The quantitative estimate of drug-likeness (QED) is 0.660.